The minimum Gasteiger partial charge on any atom is -0.352 e. The second-order valence-electron chi connectivity index (χ2n) is 5.95. The summed E-state index contributed by atoms with van der Waals surface area (Å²) in [5, 5.41) is 6.16. The van der Waals surface area contributed by atoms with Gasteiger partial charge in [0.25, 0.3) is 0 Å². The highest BCUT2D eigenvalue weighted by molar-refractivity contribution is 5.79. The van der Waals surface area contributed by atoms with Gasteiger partial charge in [-0.3, -0.25) is 9.48 Å². The van der Waals surface area contributed by atoms with E-state index in [0.717, 1.165) is 33.8 Å². The molecule has 0 saturated heterocycles. The van der Waals surface area contributed by atoms with Crippen LogP contribution in [-0.4, -0.2) is 31.8 Å². The number of fused-ring (bicyclic) bond motifs is 1. The first-order chi connectivity index (χ1) is 12.3. The number of benzene rings is 1. The van der Waals surface area contributed by atoms with Crippen molar-refractivity contribution in [1.82, 2.24) is 24.6 Å². The van der Waals surface area contributed by atoms with Gasteiger partial charge in [0.15, 0.2) is 5.69 Å². The summed E-state index contributed by atoms with van der Waals surface area (Å²) in [6, 6.07) is 7.69. The van der Waals surface area contributed by atoms with E-state index in [1.54, 1.807) is 0 Å². The molecule has 1 unspecified atom stereocenters. The Morgan fingerprint density at radius 3 is 2.69 bits per heavy atom. The van der Waals surface area contributed by atoms with Gasteiger partial charge >= 0.3 is 6.18 Å². The number of aromatic nitrogens is 4. The number of aryl methyl sites for hydroxylation is 1. The summed E-state index contributed by atoms with van der Waals surface area (Å²) in [4.78, 5) is 16.7. The molecule has 1 aromatic carbocycles. The fraction of sp³-hybridized carbons (Fsp3) is 0.353. The Bertz CT molecular complexity index is 928. The van der Waals surface area contributed by atoms with Crippen LogP contribution < -0.4 is 5.32 Å². The maximum atomic E-state index is 12.6. The molecule has 0 aliphatic heterocycles. The number of alkyl halides is 3. The molecule has 3 rings (SSSR count). The van der Waals surface area contributed by atoms with E-state index in [2.05, 4.69) is 15.4 Å². The smallest absolute Gasteiger partial charge is 0.352 e. The zero-order valence-electron chi connectivity index (χ0n) is 14.3. The summed E-state index contributed by atoms with van der Waals surface area (Å²) in [6.07, 6.45) is -3.37. The molecule has 0 saturated carbocycles. The summed E-state index contributed by atoms with van der Waals surface area (Å²) in [7, 11) is 0. The predicted molar refractivity (Wildman–Crippen MR) is 89.4 cm³/mol. The van der Waals surface area contributed by atoms with E-state index in [4.69, 9.17) is 0 Å². The molecule has 0 spiro atoms. The van der Waals surface area contributed by atoms with Gasteiger partial charge in [0.2, 0.25) is 5.91 Å². The lowest BCUT2D eigenvalue weighted by atomic mass is 10.3. The molecule has 1 N–H and O–H groups in total. The molecule has 1 atom stereocenters. The summed E-state index contributed by atoms with van der Waals surface area (Å²) >= 11 is 0. The van der Waals surface area contributed by atoms with Gasteiger partial charge in [-0.15, -0.1) is 0 Å². The van der Waals surface area contributed by atoms with Gasteiger partial charge in [0.05, 0.1) is 11.0 Å². The maximum absolute atomic E-state index is 12.6. The van der Waals surface area contributed by atoms with E-state index in [9.17, 15) is 18.0 Å². The molecule has 3 aromatic rings. The minimum absolute atomic E-state index is 0.331. The number of hydrogen-bond acceptors (Lipinski definition) is 3. The van der Waals surface area contributed by atoms with Crippen LogP contribution in [-0.2, 0) is 17.5 Å². The van der Waals surface area contributed by atoms with Crippen molar-refractivity contribution in [3.63, 3.8) is 0 Å². The summed E-state index contributed by atoms with van der Waals surface area (Å²) in [6.45, 7) is 4.22. The Morgan fingerprint density at radius 2 is 2.00 bits per heavy atom. The molecule has 138 valence electrons. The molecule has 6 nitrogen and oxygen atoms in total. The van der Waals surface area contributed by atoms with Gasteiger partial charge < -0.3 is 9.88 Å². The van der Waals surface area contributed by atoms with Crippen molar-refractivity contribution < 1.29 is 18.0 Å². The van der Waals surface area contributed by atoms with Crippen LogP contribution in [0.15, 0.2) is 36.5 Å². The third kappa shape index (κ3) is 3.56. The number of amides is 1. The topological polar surface area (TPSA) is 64.7 Å². The lowest BCUT2D eigenvalue weighted by Gasteiger charge is -2.14. The quantitative estimate of drug-likeness (QED) is 0.756. The third-order valence-electron chi connectivity index (χ3n) is 4.16. The van der Waals surface area contributed by atoms with E-state index in [0.29, 0.717) is 13.1 Å². The second kappa shape index (κ2) is 6.81. The second-order valence-corrected chi connectivity index (χ2v) is 5.95. The van der Waals surface area contributed by atoms with E-state index >= 15 is 0 Å². The van der Waals surface area contributed by atoms with E-state index in [1.165, 1.54) is 6.92 Å². The Labute approximate surface area is 147 Å². The van der Waals surface area contributed by atoms with E-state index < -0.39 is 23.8 Å². The van der Waals surface area contributed by atoms with Crippen molar-refractivity contribution in [2.75, 3.05) is 6.54 Å². The number of carbonyl (C=O) groups is 1. The van der Waals surface area contributed by atoms with E-state index in [1.807, 2.05) is 35.8 Å². The number of para-hydroxylation sites is 2. The monoisotopic (exact) mass is 365 g/mol. The number of rotatable bonds is 5. The molecule has 0 radical (unpaired) electrons. The molecule has 0 aliphatic carbocycles. The van der Waals surface area contributed by atoms with Crippen molar-refractivity contribution in [3.8, 4) is 0 Å². The van der Waals surface area contributed by atoms with E-state index in [-0.39, 0.29) is 0 Å². The van der Waals surface area contributed by atoms with Crippen LogP contribution in [0.5, 0.6) is 0 Å². The number of nitrogens with one attached hydrogen (secondary N) is 1. The highest BCUT2D eigenvalue weighted by atomic mass is 19.4. The highest BCUT2D eigenvalue weighted by Gasteiger charge is 2.34. The SMILES string of the molecule is Cc1nc2ccccc2n1CCNC(=O)C(C)n1ccc(C(F)(F)F)n1. The number of carbonyl (C=O) groups excluding carboxylic acids is 1. The Hall–Kier alpha value is -2.84. The van der Waals surface area contributed by atoms with Gasteiger partial charge in [0.1, 0.15) is 11.9 Å². The number of halogens is 3. The molecular weight excluding hydrogens is 347 g/mol. The van der Waals surface area contributed by atoms with Crippen molar-refractivity contribution in [2.45, 2.75) is 32.6 Å². The highest BCUT2D eigenvalue weighted by Crippen LogP contribution is 2.27. The van der Waals surface area contributed by atoms with Crippen molar-refractivity contribution >= 4 is 16.9 Å². The fourth-order valence-electron chi connectivity index (χ4n) is 2.74. The van der Waals surface area contributed by atoms with Crippen LogP contribution in [0.2, 0.25) is 0 Å². The molecule has 2 heterocycles. The van der Waals surface area contributed by atoms with Crippen molar-refractivity contribution in [2.24, 2.45) is 0 Å². The first-order valence-electron chi connectivity index (χ1n) is 8.09. The van der Waals surface area contributed by atoms with Crippen LogP contribution in [0.3, 0.4) is 0 Å². The standard InChI is InChI=1S/C17H18F3N5O/c1-11(25-9-7-15(23-25)17(18,19)20)16(26)21-8-10-24-12(2)22-13-5-3-4-6-14(13)24/h3-7,9,11H,8,10H2,1-2H3,(H,21,26). The van der Waals surface area contributed by atoms with Crippen LogP contribution in [0.1, 0.15) is 24.5 Å². The van der Waals surface area contributed by atoms with Gasteiger partial charge in [-0.1, -0.05) is 12.1 Å². The molecular formula is C17H18F3N5O. The van der Waals surface area contributed by atoms with Gasteiger partial charge in [-0.25, -0.2) is 4.98 Å². The zero-order valence-corrected chi connectivity index (χ0v) is 14.3. The van der Waals surface area contributed by atoms with Gasteiger partial charge in [0, 0.05) is 19.3 Å². The lowest BCUT2D eigenvalue weighted by Crippen LogP contribution is -2.33. The molecule has 26 heavy (non-hydrogen) atoms. The van der Waals surface area contributed by atoms with Crippen molar-refractivity contribution in [1.29, 1.82) is 0 Å². The summed E-state index contributed by atoms with van der Waals surface area (Å²) < 4.78 is 40.8. The van der Waals surface area contributed by atoms with Crippen LogP contribution in [0.4, 0.5) is 13.2 Å². The van der Waals surface area contributed by atoms with Crippen LogP contribution in [0, 0.1) is 6.92 Å². The normalized spacial score (nSPS) is 13.1. The minimum atomic E-state index is -4.53. The maximum Gasteiger partial charge on any atom is 0.435 e. The largest absolute Gasteiger partial charge is 0.435 e. The Morgan fingerprint density at radius 1 is 1.27 bits per heavy atom. The summed E-state index contributed by atoms with van der Waals surface area (Å²) in [5.74, 6) is 0.430. The third-order valence-corrected chi connectivity index (χ3v) is 4.16. The number of imidazole rings is 1. The lowest BCUT2D eigenvalue weighted by molar-refractivity contribution is -0.142. The van der Waals surface area contributed by atoms with Crippen LogP contribution >= 0.6 is 0 Å². The fourth-order valence-corrected chi connectivity index (χ4v) is 2.74. The first-order valence-corrected chi connectivity index (χ1v) is 8.09. The number of nitrogens with zero attached hydrogens (tertiary/aromatic N) is 4. The average molecular weight is 365 g/mol. The van der Waals surface area contributed by atoms with Crippen molar-refractivity contribution in [3.05, 3.63) is 48.0 Å². The molecule has 0 fully saturated rings. The van der Waals surface area contributed by atoms with Gasteiger partial charge in [-0.05, 0) is 32.0 Å². The van der Waals surface area contributed by atoms with Crippen LogP contribution in [0.25, 0.3) is 11.0 Å². The summed E-state index contributed by atoms with van der Waals surface area (Å²) in [5.41, 5.74) is 0.827. The molecule has 2 aromatic heterocycles. The first kappa shape index (κ1) is 18.0. The van der Waals surface area contributed by atoms with Gasteiger partial charge in [-0.2, -0.15) is 18.3 Å². The molecule has 9 heteroatoms. The predicted octanol–water partition coefficient (Wildman–Crippen LogP) is 2.94. The molecule has 1 amide bonds. The number of hydrogen-bond donors (Lipinski definition) is 1. The zero-order chi connectivity index (χ0) is 18.9. The Kier molecular flexibility index (Phi) is 4.71. The molecule has 0 aliphatic rings. The Balaban J connectivity index is 1.61. The average Bonchev–Trinajstić information content (AvgIpc) is 3.19. The molecule has 0 bridgehead atoms.